The molecule has 0 spiro atoms. The summed E-state index contributed by atoms with van der Waals surface area (Å²) in [5.41, 5.74) is -1.41. The van der Waals surface area contributed by atoms with Crippen molar-refractivity contribution in [1.82, 2.24) is 0 Å². The topological polar surface area (TPSA) is 54.4 Å². The van der Waals surface area contributed by atoms with E-state index in [1.54, 1.807) is 0 Å². The van der Waals surface area contributed by atoms with E-state index in [2.05, 4.69) is 0 Å². The van der Waals surface area contributed by atoms with Crippen molar-refractivity contribution >= 4 is 11.8 Å². The molecule has 13 heavy (non-hydrogen) atoms. The average molecular weight is 188 g/mol. The molecule has 1 fully saturated rings. The van der Waals surface area contributed by atoms with E-state index in [1.165, 1.54) is 0 Å². The van der Waals surface area contributed by atoms with Gasteiger partial charge in [-0.05, 0) is 19.3 Å². The molecular formula is C9H13FO3. The van der Waals surface area contributed by atoms with Crippen molar-refractivity contribution in [2.75, 3.05) is 6.67 Å². The minimum atomic E-state index is -1.41. The number of carbonyl (C=O) groups is 2. The van der Waals surface area contributed by atoms with E-state index in [0.29, 0.717) is 12.8 Å². The molecule has 0 amide bonds. The maximum Gasteiger partial charge on any atom is 0.317 e. The predicted molar refractivity (Wildman–Crippen MR) is 44.1 cm³/mol. The van der Waals surface area contributed by atoms with E-state index in [4.69, 9.17) is 5.11 Å². The van der Waals surface area contributed by atoms with Crippen molar-refractivity contribution in [3.8, 4) is 0 Å². The second kappa shape index (κ2) is 3.85. The van der Waals surface area contributed by atoms with Gasteiger partial charge in [-0.2, -0.15) is 0 Å². The van der Waals surface area contributed by atoms with Crippen molar-refractivity contribution in [1.29, 1.82) is 0 Å². The first kappa shape index (κ1) is 10.2. The lowest BCUT2D eigenvalue weighted by Crippen LogP contribution is -2.42. The van der Waals surface area contributed by atoms with Gasteiger partial charge in [0.1, 0.15) is 11.2 Å². The molecule has 0 heterocycles. The highest BCUT2D eigenvalue weighted by molar-refractivity contribution is 6.03. The molecule has 1 aliphatic carbocycles. The SMILES string of the molecule is O=C(O)C1(CCF)CCCCC1=O. The Labute approximate surface area is 75.9 Å². The maximum atomic E-state index is 12.1. The van der Waals surface area contributed by atoms with Crippen LogP contribution in [0.1, 0.15) is 32.1 Å². The van der Waals surface area contributed by atoms with Gasteiger partial charge in [0, 0.05) is 6.42 Å². The number of aliphatic carboxylic acids is 1. The van der Waals surface area contributed by atoms with Gasteiger partial charge >= 0.3 is 5.97 Å². The Balaban J connectivity index is 2.86. The van der Waals surface area contributed by atoms with Gasteiger partial charge in [0.05, 0.1) is 6.67 Å². The maximum absolute atomic E-state index is 12.1. The highest BCUT2D eigenvalue weighted by Gasteiger charge is 2.46. The molecule has 0 saturated heterocycles. The number of ketones is 1. The number of halogens is 1. The number of Topliss-reactive ketones (excluding diaryl/α,β-unsaturated/α-hetero) is 1. The fraction of sp³-hybridized carbons (Fsp3) is 0.778. The van der Waals surface area contributed by atoms with Crippen molar-refractivity contribution in [3.05, 3.63) is 0 Å². The standard InChI is InChI=1S/C9H13FO3/c10-6-5-9(8(12)13)4-2-1-3-7(9)11/h1-6H2,(H,12,13). The molecule has 0 bridgehead atoms. The molecule has 0 aromatic rings. The van der Waals surface area contributed by atoms with Crippen LogP contribution in [0.3, 0.4) is 0 Å². The van der Waals surface area contributed by atoms with E-state index in [9.17, 15) is 14.0 Å². The summed E-state index contributed by atoms with van der Waals surface area (Å²) < 4.78 is 12.1. The van der Waals surface area contributed by atoms with Gasteiger partial charge < -0.3 is 5.11 Å². The molecule has 1 unspecified atom stereocenters. The highest BCUT2D eigenvalue weighted by Crippen LogP contribution is 2.36. The molecule has 1 saturated carbocycles. The largest absolute Gasteiger partial charge is 0.480 e. The predicted octanol–water partition coefficient (Wildman–Crippen LogP) is 1.56. The first-order chi connectivity index (χ1) is 6.13. The molecule has 0 aromatic heterocycles. The Morgan fingerprint density at radius 1 is 1.54 bits per heavy atom. The minimum absolute atomic E-state index is 0.166. The zero-order valence-electron chi connectivity index (χ0n) is 7.38. The van der Waals surface area contributed by atoms with Crippen LogP contribution in [-0.2, 0) is 9.59 Å². The summed E-state index contributed by atoms with van der Waals surface area (Å²) in [6.07, 6.45) is 1.86. The molecule has 0 aliphatic heterocycles. The van der Waals surface area contributed by atoms with Crippen LogP contribution in [0.4, 0.5) is 4.39 Å². The summed E-state index contributed by atoms with van der Waals surface area (Å²) in [6, 6.07) is 0. The molecular weight excluding hydrogens is 175 g/mol. The van der Waals surface area contributed by atoms with Crippen LogP contribution in [0.5, 0.6) is 0 Å². The second-order valence-electron chi connectivity index (χ2n) is 3.46. The average Bonchev–Trinajstić information content (AvgIpc) is 2.09. The van der Waals surface area contributed by atoms with Gasteiger partial charge in [-0.1, -0.05) is 6.42 Å². The highest BCUT2D eigenvalue weighted by atomic mass is 19.1. The molecule has 74 valence electrons. The lowest BCUT2D eigenvalue weighted by molar-refractivity contribution is -0.158. The number of hydrogen-bond acceptors (Lipinski definition) is 2. The Bertz CT molecular complexity index is 223. The van der Waals surface area contributed by atoms with Gasteiger partial charge in [-0.25, -0.2) is 0 Å². The van der Waals surface area contributed by atoms with Crippen LogP contribution in [-0.4, -0.2) is 23.5 Å². The molecule has 1 rings (SSSR count). The summed E-state index contributed by atoms with van der Waals surface area (Å²) >= 11 is 0. The summed E-state index contributed by atoms with van der Waals surface area (Å²) in [6.45, 7) is -0.738. The van der Waals surface area contributed by atoms with Crippen LogP contribution in [0.25, 0.3) is 0 Å². The third kappa shape index (κ3) is 1.71. The first-order valence-electron chi connectivity index (χ1n) is 4.46. The van der Waals surface area contributed by atoms with Crippen molar-refractivity contribution in [3.63, 3.8) is 0 Å². The normalized spacial score (nSPS) is 28.8. The minimum Gasteiger partial charge on any atom is -0.480 e. The summed E-state index contributed by atoms with van der Waals surface area (Å²) in [5, 5.41) is 8.90. The zero-order valence-corrected chi connectivity index (χ0v) is 7.38. The van der Waals surface area contributed by atoms with E-state index < -0.39 is 18.1 Å². The van der Waals surface area contributed by atoms with Gasteiger partial charge in [-0.3, -0.25) is 14.0 Å². The van der Waals surface area contributed by atoms with Crippen LogP contribution in [0, 0.1) is 5.41 Å². The fourth-order valence-electron chi connectivity index (χ4n) is 1.85. The molecule has 4 heteroatoms. The zero-order chi connectivity index (χ0) is 9.90. The smallest absolute Gasteiger partial charge is 0.317 e. The Morgan fingerprint density at radius 3 is 2.69 bits per heavy atom. The van der Waals surface area contributed by atoms with Crippen molar-refractivity contribution < 1.29 is 19.1 Å². The van der Waals surface area contributed by atoms with E-state index >= 15 is 0 Å². The van der Waals surface area contributed by atoms with Crippen LogP contribution in [0.2, 0.25) is 0 Å². The van der Waals surface area contributed by atoms with E-state index in [-0.39, 0.29) is 18.6 Å². The third-order valence-electron chi connectivity index (χ3n) is 2.72. The first-order valence-corrected chi connectivity index (χ1v) is 4.46. The lowest BCUT2D eigenvalue weighted by atomic mass is 9.71. The molecule has 1 aliphatic rings. The number of carboxylic acid groups (broad SMARTS) is 1. The van der Waals surface area contributed by atoms with Crippen molar-refractivity contribution in [2.24, 2.45) is 5.41 Å². The Hall–Kier alpha value is -0.930. The van der Waals surface area contributed by atoms with Crippen LogP contribution in [0.15, 0.2) is 0 Å². The number of carboxylic acids is 1. The van der Waals surface area contributed by atoms with Gasteiger partial charge in [0.25, 0.3) is 0 Å². The van der Waals surface area contributed by atoms with E-state index in [1.807, 2.05) is 0 Å². The monoisotopic (exact) mass is 188 g/mol. The Kier molecular flexibility index (Phi) is 3.01. The Morgan fingerprint density at radius 2 is 2.23 bits per heavy atom. The van der Waals surface area contributed by atoms with Crippen molar-refractivity contribution in [2.45, 2.75) is 32.1 Å². The van der Waals surface area contributed by atoms with E-state index in [0.717, 1.165) is 6.42 Å². The molecule has 1 N–H and O–H groups in total. The molecule has 0 aromatic carbocycles. The quantitative estimate of drug-likeness (QED) is 0.684. The summed E-state index contributed by atoms with van der Waals surface area (Å²) in [7, 11) is 0. The van der Waals surface area contributed by atoms with Gasteiger partial charge in [0.2, 0.25) is 0 Å². The molecule has 0 radical (unpaired) electrons. The number of rotatable bonds is 3. The van der Waals surface area contributed by atoms with Crippen LogP contribution < -0.4 is 0 Å². The summed E-state index contributed by atoms with van der Waals surface area (Å²) in [5.74, 6) is -1.46. The number of hydrogen-bond donors (Lipinski definition) is 1. The lowest BCUT2D eigenvalue weighted by Gasteiger charge is -2.30. The second-order valence-corrected chi connectivity index (χ2v) is 3.46. The number of carbonyl (C=O) groups excluding carboxylic acids is 1. The van der Waals surface area contributed by atoms with Gasteiger partial charge in [-0.15, -0.1) is 0 Å². The van der Waals surface area contributed by atoms with Gasteiger partial charge in [0.15, 0.2) is 0 Å². The molecule has 1 atom stereocenters. The summed E-state index contributed by atoms with van der Waals surface area (Å²) in [4.78, 5) is 22.3. The fourth-order valence-corrected chi connectivity index (χ4v) is 1.85. The number of alkyl halides is 1. The third-order valence-corrected chi connectivity index (χ3v) is 2.72. The molecule has 3 nitrogen and oxygen atoms in total. The van der Waals surface area contributed by atoms with Crippen LogP contribution >= 0.6 is 0 Å².